The summed E-state index contributed by atoms with van der Waals surface area (Å²) < 4.78 is 4.10. The summed E-state index contributed by atoms with van der Waals surface area (Å²) in [5, 5.41) is 5.47. The van der Waals surface area contributed by atoms with Crippen molar-refractivity contribution in [3.05, 3.63) is 42.6 Å². The number of rotatable bonds is 1. The summed E-state index contributed by atoms with van der Waals surface area (Å²) in [4.78, 5) is 0. The molecule has 3 heteroatoms. The number of para-hydroxylation sites is 1. The molecule has 3 nitrogen and oxygen atoms in total. The lowest BCUT2D eigenvalue weighted by molar-refractivity contribution is 0.768. The van der Waals surface area contributed by atoms with Gasteiger partial charge < -0.3 is 4.57 Å². The Morgan fingerprint density at radius 3 is 2.05 bits per heavy atom. The van der Waals surface area contributed by atoms with Gasteiger partial charge in [-0.05, 0) is 18.2 Å². The van der Waals surface area contributed by atoms with Gasteiger partial charge in [-0.3, -0.25) is 4.68 Å². The highest BCUT2D eigenvalue weighted by Crippen LogP contribution is 2.26. The van der Waals surface area contributed by atoms with Gasteiger partial charge in [0.2, 0.25) is 0 Å². The second-order valence-corrected chi connectivity index (χ2v) is 3.99. The van der Waals surface area contributed by atoms with Gasteiger partial charge in [-0.25, -0.2) is 0 Å². The predicted molar refractivity (Wildman–Crippen MR) is 87.8 cm³/mol. The van der Waals surface area contributed by atoms with E-state index in [4.69, 9.17) is 0 Å². The van der Waals surface area contributed by atoms with Crippen LogP contribution in [0.15, 0.2) is 42.6 Å². The first-order valence-corrected chi connectivity index (χ1v) is 7.30. The summed E-state index contributed by atoms with van der Waals surface area (Å²) in [6.45, 7) is 8.00. The number of nitrogens with zero attached hydrogens (tertiary/aromatic N) is 3. The smallest absolute Gasteiger partial charge is 0.0843 e. The van der Waals surface area contributed by atoms with Crippen molar-refractivity contribution in [2.75, 3.05) is 0 Å². The number of benzene rings is 1. The Bertz CT molecular complexity index is 647. The van der Waals surface area contributed by atoms with Crippen LogP contribution in [0.5, 0.6) is 0 Å². The van der Waals surface area contributed by atoms with E-state index < -0.39 is 0 Å². The van der Waals surface area contributed by atoms with Crippen molar-refractivity contribution in [2.45, 2.75) is 27.7 Å². The molecular formula is C17H25N3. The monoisotopic (exact) mass is 271 g/mol. The third kappa shape index (κ3) is 2.93. The van der Waals surface area contributed by atoms with Crippen LogP contribution in [0.3, 0.4) is 0 Å². The maximum Gasteiger partial charge on any atom is 0.0843 e. The molecule has 0 atom stereocenters. The maximum atomic E-state index is 4.21. The molecule has 20 heavy (non-hydrogen) atoms. The molecule has 0 radical (unpaired) electrons. The lowest BCUT2D eigenvalue weighted by Crippen LogP contribution is -1.97. The zero-order chi connectivity index (χ0) is 15.1. The van der Waals surface area contributed by atoms with Gasteiger partial charge >= 0.3 is 0 Å². The molecule has 0 N–H and O–H groups in total. The highest BCUT2D eigenvalue weighted by Gasteiger charge is 2.09. The van der Waals surface area contributed by atoms with E-state index in [0.717, 1.165) is 5.69 Å². The third-order valence-electron chi connectivity index (χ3n) is 3.04. The number of hydrogen-bond donors (Lipinski definition) is 0. The van der Waals surface area contributed by atoms with Crippen molar-refractivity contribution in [3.63, 3.8) is 0 Å². The number of aromatic nitrogens is 3. The molecule has 2 heterocycles. The van der Waals surface area contributed by atoms with Crippen LogP contribution in [0.2, 0.25) is 0 Å². The quantitative estimate of drug-likeness (QED) is 0.632. The minimum absolute atomic E-state index is 1.14. The van der Waals surface area contributed by atoms with Crippen molar-refractivity contribution in [2.24, 2.45) is 14.1 Å². The van der Waals surface area contributed by atoms with Crippen LogP contribution >= 0.6 is 0 Å². The minimum atomic E-state index is 1.14. The van der Waals surface area contributed by atoms with E-state index >= 15 is 0 Å². The standard InChI is InChI=1S/C13H13N3.2C2H6/c1-15-11-6-4-3-5-10(11)9-13(15)12-7-8-14-16(12)2;2*1-2/h3-9H,1-2H3;2*1-2H3. The van der Waals surface area contributed by atoms with Crippen molar-refractivity contribution in [1.29, 1.82) is 0 Å². The normalized spacial score (nSPS) is 9.50. The fraction of sp³-hybridized carbons (Fsp3) is 0.353. The first-order chi connectivity index (χ1) is 9.77. The molecule has 0 aliphatic heterocycles. The lowest BCUT2D eigenvalue weighted by atomic mass is 10.2. The van der Waals surface area contributed by atoms with Gasteiger partial charge in [0, 0.05) is 31.2 Å². The first kappa shape index (κ1) is 16.0. The lowest BCUT2D eigenvalue weighted by Gasteiger charge is -2.04. The molecule has 0 saturated carbocycles. The molecule has 3 aromatic rings. The van der Waals surface area contributed by atoms with E-state index in [2.05, 4.69) is 47.0 Å². The van der Waals surface area contributed by atoms with E-state index in [9.17, 15) is 0 Å². The Kier molecular flexibility index (Phi) is 6.04. The van der Waals surface area contributed by atoms with E-state index in [1.165, 1.54) is 16.6 Å². The number of aryl methyl sites for hydroxylation is 2. The summed E-state index contributed by atoms with van der Waals surface area (Å²) >= 11 is 0. The van der Waals surface area contributed by atoms with Crippen LogP contribution < -0.4 is 0 Å². The molecule has 0 aliphatic carbocycles. The molecule has 0 unspecified atom stereocenters. The van der Waals surface area contributed by atoms with E-state index in [1.807, 2.05) is 51.7 Å². The second-order valence-electron chi connectivity index (χ2n) is 3.99. The average Bonchev–Trinajstić information content (AvgIpc) is 3.08. The second kappa shape index (κ2) is 7.53. The van der Waals surface area contributed by atoms with E-state index in [0.29, 0.717) is 0 Å². The first-order valence-electron chi connectivity index (χ1n) is 7.30. The molecule has 0 fully saturated rings. The molecule has 1 aromatic carbocycles. The van der Waals surface area contributed by atoms with Gasteiger partial charge in [0.1, 0.15) is 0 Å². The fourth-order valence-electron chi connectivity index (χ4n) is 2.16. The van der Waals surface area contributed by atoms with Crippen molar-refractivity contribution in [1.82, 2.24) is 14.3 Å². The minimum Gasteiger partial charge on any atom is -0.342 e. The summed E-state index contributed by atoms with van der Waals surface area (Å²) in [5.74, 6) is 0. The Morgan fingerprint density at radius 2 is 1.50 bits per heavy atom. The Balaban J connectivity index is 0.000000461. The van der Waals surface area contributed by atoms with Gasteiger partial charge in [-0.15, -0.1) is 0 Å². The molecule has 0 saturated heterocycles. The molecule has 108 valence electrons. The highest BCUT2D eigenvalue weighted by molar-refractivity contribution is 5.86. The predicted octanol–water partition coefficient (Wildman–Crippen LogP) is 4.63. The van der Waals surface area contributed by atoms with Crippen molar-refractivity contribution >= 4 is 10.9 Å². The van der Waals surface area contributed by atoms with Gasteiger partial charge in [-0.1, -0.05) is 45.9 Å². The van der Waals surface area contributed by atoms with Gasteiger partial charge in [0.05, 0.1) is 11.4 Å². The highest BCUT2D eigenvalue weighted by atomic mass is 15.3. The van der Waals surface area contributed by atoms with Crippen LogP contribution in [-0.2, 0) is 14.1 Å². The molecular weight excluding hydrogens is 246 g/mol. The molecule has 0 amide bonds. The van der Waals surface area contributed by atoms with Crippen molar-refractivity contribution < 1.29 is 0 Å². The zero-order valence-corrected chi connectivity index (χ0v) is 13.4. The van der Waals surface area contributed by atoms with Crippen LogP contribution in [0.1, 0.15) is 27.7 Å². The van der Waals surface area contributed by atoms with Gasteiger partial charge in [0.25, 0.3) is 0 Å². The molecule has 0 spiro atoms. The van der Waals surface area contributed by atoms with Gasteiger partial charge in [-0.2, -0.15) is 5.10 Å². The number of fused-ring (bicyclic) bond motifs is 1. The molecule has 3 rings (SSSR count). The van der Waals surface area contributed by atoms with Crippen LogP contribution in [-0.4, -0.2) is 14.3 Å². The summed E-state index contributed by atoms with van der Waals surface area (Å²) in [6.07, 6.45) is 1.83. The summed E-state index contributed by atoms with van der Waals surface area (Å²) in [6, 6.07) is 12.6. The number of hydrogen-bond acceptors (Lipinski definition) is 1. The van der Waals surface area contributed by atoms with Gasteiger partial charge in [0.15, 0.2) is 0 Å². The average molecular weight is 271 g/mol. The fourth-order valence-corrected chi connectivity index (χ4v) is 2.16. The molecule has 0 bridgehead atoms. The van der Waals surface area contributed by atoms with E-state index in [-0.39, 0.29) is 0 Å². The molecule has 0 aliphatic rings. The Morgan fingerprint density at radius 1 is 0.850 bits per heavy atom. The maximum absolute atomic E-state index is 4.21. The van der Waals surface area contributed by atoms with E-state index in [1.54, 1.807) is 0 Å². The molecule has 2 aromatic heterocycles. The Labute approximate surface area is 121 Å². The SMILES string of the molecule is CC.CC.Cn1nccc1-c1cc2ccccc2n1C. The summed E-state index contributed by atoms with van der Waals surface area (Å²) in [5.41, 5.74) is 3.58. The van der Waals surface area contributed by atoms with Crippen LogP contribution in [0.25, 0.3) is 22.3 Å². The Hall–Kier alpha value is -2.03. The van der Waals surface area contributed by atoms with Crippen LogP contribution in [0, 0.1) is 0 Å². The third-order valence-corrected chi connectivity index (χ3v) is 3.04. The van der Waals surface area contributed by atoms with Crippen molar-refractivity contribution in [3.8, 4) is 11.4 Å². The zero-order valence-electron chi connectivity index (χ0n) is 13.4. The topological polar surface area (TPSA) is 22.8 Å². The van der Waals surface area contributed by atoms with Crippen LogP contribution in [0.4, 0.5) is 0 Å². The largest absolute Gasteiger partial charge is 0.342 e. The summed E-state index contributed by atoms with van der Waals surface area (Å²) in [7, 11) is 4.05.